The average Bonchev–Trinajstić information content (AvgIpc) is 3.99. The van der Waals surface area contributed by atoms with Crippen LogP contribution in [0.1, 0.15) is 87.2 Å². The third-order valence-electron chi connectivity index (χ3n) is 17.2. The summed E-state index contributed by atoms with van der Waals surface area (Å²) in [6.07, 6.45) is 20.8. The van der Waals surface area contributed by atoms with E-state index in [2.05, 4.69) is 201 Å². The minimum Gasteiger partial charge on any atom is -0.369 e. The van der Waals surface area contributed by atoms with Gasteiger partial charge in [0.15, 0.2) is 0 Å². The van der Waals surface area contributed by atoms with Crippen LogP contribution in [0.5, 0.6) is 0 Å². The second kappa shape index (κ2) is 19.8. The van der Waals surface area contributed by atoms with Gasteiger partial charge in [-0.3, -0.25) is 9.80 Å². The number of aromatic nitrogens is 3. The lowest BCUT2D eigenvalue weighted by Crippen LogP contribution is -2.49. The van der Waals surface area contributed by atoms with Gasteiger partial charge in [-0.25, -0.2) is 0 Å². The van der Waals surface area contributed by atoms with Crippen molar-refractivity contribution in [2.24, 2.45) is 18.9 Å². The Morgan fingerprint density at radius 1 is 0.857 bits per heavy atom. The van der Waals surface area contributed by atoms with Gasteiger partial charge in [-0.2, -0.15) is 0 Å². The predicted octanol–water partition coefficient (Wildman–Crippen LogP) is 10.1. The van der Waals surface area contributed by atoms with Crippen molar-refractivity contribution in [1.82, 2.24) is 44.6 Å². The number of alkyl halides is 2. The van der Waals surface area contributed by atoms with Gasteiger partial charge in [-0.05, 0) is 137 Å². The van der Waals surface area contributed by atoms with Gasteiger partial charge >= 0.3 is 0 Å². The number of hydrogen-bond acceptors (Lipinski definition) is 10. The summed E-state index contributed by atoms with van der Waals surface area (Å²) in [5.41, 5.74) is 13.9. The highest BCUT2D eigenvalue weighted by Crippen LogP contribution is 2.50. The van der Waals surface area contributed by atoms with Gasteiger partial charge < -0.3 is 34.4 Å². The number of anilines is 2. The Hall–Kier alpha value is -3.90. The second-order valence-corrected chi connectivity index (χ2v) is 28.4. The quantitative estimate of drug-likeness (QED) is 0.118. The number of rotatable bonds is 15. The Labute approximate surface area is 445 Å². The molecule has 11 nitrogen and oxygen atoms in total. The lowest BCUT2D eigenvalue weighted by Gasteiger charge is -2.42. The highest BCUT2D eigenvalue weighted by Gasteiger charge is 2.42. The first-order chi connectivity index (χ1) is 33.8. The van der Waals surface area contributed by atoms with E-state index in [0.717, 1.165) is 99.1 Å². The van der Waals surface area contributed by atoms with Crippen LogP contribution in [0, 0.1) is 11.8 Å². The Morgan fingerprint density at radius 2 is 1.66 bits per heavy atom. The number of allylic oxidation sites excluding steroid dienone is 2. The van der Waals surface area contributed by atoms with Gasteiger partial charge in [0, 0.05) is 130 Å². The van der Waals surface area contributed by atoms with Crippen LogP contribution in [0.15, 0.2) is 128 Å². The van der Waals surface area contributed by atoms with Crippen LogP contribution >= 0.6 is 45.2 Å². The first-order valence-corrected chi connectivity index (χ1v) is 28.3. The summed E-state index contributed by atoms with van der Waals surface area (Å²) < 4.78 is 2.01. The number of likely N-dealkylation sites (tertiary alicyclic amines) is 2. The molecule has 370 valence electrons. The molecule has 4 saturated heterocycles. The summed E-state index contributed by atoms with van der Waals surface area (Å²) in [5.74, 6) is 3.68. The van der Waals surface area contributed by atoms with Crippen LogP contribution < -0.4 is 15.1 Å². The first kappa shape index (κ1) is 48.4. The largest absolute Gasteiger partial charge is 0.369 e. The van der Waals surface area contributed by atoms with E-state index < -0.39 is 0 Å². The lowest BCUT2D eigenvalue weighted by atomic mass is 9.62. The number of halogens is 2. The second-order valence-electron chi connectivity index (χ2n) is 22.0. The summed E-state index contributed by atoms with van der Waals surface area (Å²) >= 11 is 5.21. The number of piperidine rings is 2. The first-order valence-electron chi connectivity index (χ1n) is 26.1. The van der Waals surface area contributed by atoms with E-state index in [4.69, 9.17) is 0 Å². The monoisotopic (exact) mass is 1170 g/mol. The Bertz CT molecular complexity index is 2610. The zero-order chi connectivity index (χ0) is 48.3. The van der Waals surface area contributed by atoms with E-state index in [1.807, 2.05) is 6.33 Å². The van der Waals surface area contributed by atoms with E-state index >= 15 is 0 Å². The number of piperazine rings is 1. The van der Waals surface area contributed by atoms with E-state index in [-0.39, 0.29) is 12.9 Å². The standard InChI is InChI=1S/C57H73I2N11/c1-40-13-16-53(41(2)61-40)68-37-47-29-49(14-15-51(47)42(68)3)67-26-24-65(25-27-67)32-44-17-22-64(23-18-44)21-8-10-45-33-66(34-45)35-46-28-52(56(5,58)59)54-38-69(43(4)70(54)36-46)50-12-7-11-48(30-50)57(19-9-20-57)31-55-62-60-39-63(55)6/h7,11-12,14-15,28-30,36,38-39,44-45,53,61H,1-4,8-10,13,16-27,31-35,37H2,5-6H3. The summed E-state index contributed by atoms with van der Waals surface area (Å²) in [4.78, 5) is 17.8. The summed E-state index contributed by atoms with van der Waals surface area (Å²) in [7, 11) is 2.05. The molecule has 70 heavy (non-hydrogen) atoms. The van der Waals surface area contributed by atoms with E-state index in [1.54, 1.807) is 0 Å². The fourth-order valence-corrected chi connectivity index (χ4v) is 13.7. The Balaban J connectivity index is 0.605. The average molecular weight is 1170 g/mol. The number of nitrogens with zero attached hydrogens (tertiary/aromatic N) is 10. The molecule has 0 bridgehead atoms. The molecule has 0 amide bonds. The molecule has 1 N–H and O–H groups in total. The molecule has 0 radical (unpaired) electrons. The summed E-state index contributed by atoms with van der Waals surface area (Å²) in [5, 5.41) is 12.0. The normalized spacial score (nSPS) is 23.8. The maximum atomic E-state index is 4.68. The van der Waals surface area contributed by atoms with Crippen molar-refractivity contribution < 1.29 is 0 Å². The number of benzene rings is 2. The fourth-order valence-electron chi connectivity index (χ4n) is 12.8. The van der Waals surface area contributed by atoms with Gasteiger partial charge in [0.25, 0.3) is 0 Å². The molecule has 1 atom stereocenters. The number of fused-ring (bicyclic) bond motifs is 2. The fraction of sp³-hybridized carbons (Fsp3) is 0.509. The third-order valence-corrected chi connectivity index (χ3v) is 18.4. The number of nitrogens with one attached hydrogen (secondary N) is 1. The predicted molar refractivity (Wildman–Crippen MR) is 303 cm³/mol. The van der Waals surface area contributed by atoms with Gasteiger partial charge in [0.05, 0.1) is 13.2 Å². The highest BCUT2D eigenvalue weighted by molar-refractivity contribution is 14.2. The molecular formula is C57H73I2N11. The molecule has 8 aliphatic rings. The molecular weight excluding hydrogens is 1090 g/mol. The van der Waals surface area contributed by atoms with Crippen molar-refractivity contribution in [3.05, 3.63) is 150 Å². The van der Waals surface area contributed by atoms with Crippen LogP contribution in [0.2, 0.25) is 0 Å². The highest BCUT2D eigenvalue weighted by atomic mass is 127. The molecule has 5 fully saturated rings. The SMILES string of the molecule is C=C1CCC(N2Cc3cc(N4CCN(CC5CCN(CCCC6CN(CC7=CN8C(=C)N(c9cccc(C%10(Cc%11nncn%11C)CCC%10)c9)C=C8C(C(C)(I)I)=C7)C6)CC5)CC4)ccc3C2=C)C(=C)N1. The zero-order valence-electron chi connectivity index (χ0n) is 41.7. The van der Waals surface area contributed by atoms with Crippen LogP contribution in [0.3, 0.4) is 0 Å². The smallest absolute Gasteiger partial charge is 0.133 e. The van der Waals surface area contributed by atoms with Crippen molar-refractivity contribution in [3.63, 3.8) is 0 Å². The zero-order valence-corrected chi connectivity index (χ0v) is 46.0. The molecule has 3 aromatic rings. The topological polar surface area (TPSA) is 65.4 Å². The number of hydrogen-bond donors (Lipinski definition) is 1. The molecule has 1 aromatic heterocycles. The maximum Gasteiger partial charge on any atom is 0.133 e. The molecule has 0 spiro atoms. The molecule has 2 aromatic carbocycles. The van der Waals surface area contributed by atoms with Crippen LogP contribution in [-0.4, -0.2) is 119 Å². The summed E-state index contributed by atoms with van der Waals surface area (Å²) in [6, 6.07) is 16.5. The number of aryl methyl sites for hydroxylation is 1. The summed E-state index contributed by atoms with van der Waals surface area (Å²) in [6.45, 7) is 33.8. The minimum atomic E-state index is -0.0596. The minimum absolute atomic E-state index is 0.0596. The lowest BCUT2D eigenvalue weighted by molar-refractivity contribution is 0.0959. The van der Waals surface area contributed by atoms with Crippen molar-refractivity contribution in [3.8, 4) is 0 Å². The molecule has 7 aliphatic heterocycles. The third kappa shape index (κ3) is 9.83. The van der Waals surface area contributed by atoms with Crippen molar-refractivity contribution in [1.29, 1.82) is 0 Å². The molecule has 11 rings (SSSR count). The van der Waals surface area contributed by atoms with E-state index in [9.17, 15) is 0 Å². The maximum absolute atomic E-state index is 4.68. The van der Waals surface area contributed by atoms with Gasteiger partial charge in [0.2, 0.25) is 0 Å². The molecule has 1 saturated carbocycles. The van der Waals surface area contributed by atoms with Gasteiger partial charge in [0.1, 0.15) is 18.0 Å². The van der Waals surface area contributed by atoms with E-state index in [0.29, 0.717) is 0 Å². The van der Waals surface area contributed by atoms with Crippen LogP contribution in [0.4, 0.5) is 11.4 Å². The molecule has 1 aliphatic carbocycles. The molecule has 1 unspecified atom stereocenters. The van der Waals surface area contributed by atoms with Crippen molar-refractivity contribution in [2.45, 2.75) is 90.6 Å². The molecule has 13 heteroatoms. The Kier molecular flexibility index (Phi) is 13.7. The van der Waals surface area contributed by atoms with Crippen molar-refractivity contribution >= 4 is 62.3 Å². The Morgan fingerprint density at radius 3 is 2.37 bits per heavy atom. The van der Waals surface area contributed by atoms with Crippen LogP contribution in [-0.2, 0) is 25.4 Å². The van der Waals surface area contributed by atoms with Gasteiger partial charge in [-0.1, -0.05) is 96.1 Å². The van der Waals surface area contributed by atoms with Gasteiger partial charge in [-0.15, -0.1) is 10.2 Å². The molecule has 8 heterocycles. The van der Waals surface area contributed by atoms with E-state index in [1.165, 1.54) is 129 Å². The van der Waals surface area contributed by atoms with Crippen molar-refractivity contribution in [2.75, 3.05) is 81.8 Å². The van der Waals surface area contributed by atoms with Crippen LogP contribution in [0.25, 0.3) is 5.70 Å².